The Labute approximate surface area is 172 Å². The van der Waals surface area contributed by atoms with Gasteiger partial charge in [-0.15, -0.1) is 0 Å². The van der Waals surface area contributed by atoms with Gasteiger partial charge in [0.2, 0.25) is 0 Å². The van der Waals surface area contributed by atoms with E-state index in [9.17, 15) is 9.18 Å². The SMILES string of the molecule is CCOc1ccc(C(=O)N2CCC[C@H]3[C@@H]2CC(C)(C)N3c2cccc(F)c2)cc1. The summed E-state index contributed by atoms with van der Waals surface area (Å²) in [7, 11) is 0. The predicted molar refractivity (Wildman–Crippen MR) is 113 cm³/mol. The molecule has 2 aliphatic rings. The molecule has 0 aliphatic carbocycles. The van der Waals surface area contributed by atoms with Gasteiger partial charge in [-0.3, -0.25) is 4.79 Å². The van der Waals surface area contributed by atoms with E-state index in [4.69, 9.17) is 4.74 Å². The van der Waals surface area contributed by atoms with E-state index >= 15 is 0 Å². The maximum Gasteiger partial charge on any atom is 0.254 e. The van der Waals surface area contributed by atoms with Crippen molar-refractivity contribution in [1.29, 1.82) is 0 Å². The number of rotatable bonds is 4. The number of ether oxygens (including phenoxy) is 1. The monoisotopic (exact) mass is 396 g/mol. The second-order valence-electron chi connectivity index (χ2n) is 8.60. The van der Waals surface area contributed by atoms with Crippen LogP contribution in [0.5, 0.6) is 5.75 Å². The Morgan fingerprint density at radius 2 is 1.93 bits per heavy atom. The lowest BCUT2D eigenvalue weighted by Crippen LogP contribution is -2.52. The van der Waals surface area contributed by atoms with Crippen LogP contribution in [0.25, 0.3) is 0 Å². The lowest BCUT2D eigenvalue weighted by atomic mass is 9.93. The number of piperidine rings is 1. The molecule has 0 aromatic heterocycles. The molecule has 0 N–H and O–H groups in total. The van der Waals surface area contributed by atoms with Crippen LogP contribution in [-0.2, 0) is 0 Å². The topological polar surface area (TPSA) is 32.8 Å². The minimum atomic E-state index is -0.222. The van der Waals surface area contributed by atoms with Gasteiger partial charge in [-0.05, 0) is 82.5 Å². The van der Waals surface area contributed by atoms with Crippen molar-refractivity contribution in [2.45, 2.75) is 57.7 Å². The van der Waals surface area contributed by atoms with Crippen molar-refractivity contribution in [1.82, 2.24) is 4.90 Å². The largest absolute Gasteiger partial charge is 0.494 e. The molecular formula is C24H29FN2O2. The van der Waals surface area contributed by atoms with Gasteiger partial charge < -0.3 is 14.5 Å². The molecule has 2 saturated heterocycles. The Morgan fingerprint density at radius 1 is 1.17 bits per heavy atom. The minimum absolute atomic E-state index is 0.0691. The van der Waals surface area contributed by atoms with Crippen molar-refractivity contribution in [2.24, 2.45) is 0 Å². The third kappa shape index (κ3) is 3.70. The van der Waals surface area contributed by atoms with E-state index in [1.54, 1.807) is 12.1 Å². The normalized spacial score (nSPS) is 23.0. The number of amides is 1. The number of hydrogen-bond acceptors (Lipinski definition) is 3. The molecule has 4 rings (SSSR count). The van der Waals surface area contributed by atoms with Crippen LogP contribution in [0.3, 0.4) is 0 Å². The first-order valence-electron chi connectivity index (χ1n) is 10.5. The van der Waals surface area contributed by atoms with E-state index in [1.807, 2.05) is 42.2 Å². The van der Waals surface area contributed by atoms with Crippen LogP contribution in [-0.4, -0.2) is 41.6 Å². The maximum atomic E-state index is 13.9. The zero-order chi connectivity index (χ0) is 20.6. The average Bonchev–Trinajstić information content (AvgIpc) is 2.98. The average molecular weight is 397 g/mol. The third-order valence-electron chi connectivity index (χ3n) is 6.20. The summed E-state index contributed by atoms with van der Waals surface area (Å²) in [5.41, 5.74) is 1.44. The van der Waals surface area contributed by atoms with Crippen LogP contribution in [0.4, 0.5) is 10.1 Å². The molecule has 5 heteroatoms. The fraction of sp³-hybridized carbons (Fsp3) is 0.458. The van der Waals surface area contributed by atoms with E-state index in [2.05, 4.69) is 18.7 Å². The van der Waals surface area contributed by atoms with Gasteiger partial charge >= 0.3 is 0 Å². The first-order chi connectivity index (χ1) is 13.9. The molecule has 2 heterocycles. The first kappa shape index (κ1) is 19.7. The van der Waals surface area contributed by atoms with Crippen LogP contribution < -0.4 is 9.64 Å². The van der Waals surface area contributed by atoms with Crippen LogP contribution in [0.15, 0.2) is 48.5 Å². The van der Waals surface area contributed by atoms with Gasteiger partial charge in [0, 0.05) is 23.3 Å². The summed E-state index contributed by atoms with van der Waals surface area (Å²) in [5.74, 6) is 0.624. The number of carbonyl (C=O) groups is 1. The van der Waals surface area contributed by atoms with E-state index in [0.717, 1.165) is 37.2 Å². The molecule has 2 aliphatic heterocycles. The van der Waals surface area contributed by atoms with Crippen LogP contribution in [0, 0.1) is 5.82 Å². The van der Waals surface area contributed by atoms with Gasteiger partial charge in [0.1, 0.15) is 11.6 Å². The summed E-state index contributed by atoms with van der Waals surface area (Å²) in [4.78, 5) is 17.7. The summed E-state index contributed by atoms with van der Waals surface area (Å²) >= 11 is 0. The zero-order valence-corrected chi connectivity index (χ0v) is 17.4. The van der Waals surface area contributed by atoms with E-state index in [1.165, 1.54) is 6.07 Å². The lowest BCUT2D eigenvalue weighted by molar-refractivity contribution is 0.0605. The summed E-state index contributed by atoms with van der Waals surface area (Å²) in [5, 5.41) is 0. The number of hydrogen-bond donors (Lipinski definition) is 0. The smallest absolute Gasteiger partial charge is 0.254 e. The maximum absolute atomic E-state index is 13.9. The van der Waals surface area contributed by atoms with E-state index < -0.39 is 0 Å². The highest BCUT2D eigenvalue weighted by atomic mass is 19.1. The summed E-state index contributed by atoms with van der Waals surface area (Å²) in [6.45, 7) is 7.69. The molecule has 0 spiro atoms. The van der Waals surface area contributed by atoms with Crippen molar-refractivity contribution in [2.75, 3.05) is 18.1 Å². The molecule has 1 amide bonds. The van der Waals surface area contributed by atoms with Crippen LogP contribution >= 0.6 is 0 Å². The summed E-state index contributed by atoms with van der Waals surface area (Å²) in [6, 6.07) is 14.6. The number of likely N-dealkylation sites (tertiary alicyclic amines) is 1. The van der Waals surface area contributed by atoms with E-state index in [0.29, 0.717) is 12.2 Å². The number of anilines is 1. The zero-order valence-electron chi connectivity index (χ0n) is 17.4. The van der Waals surface area contributed by atoms with Crippen molar-refractivity contribution in [3.63, 3.8) is 0 Å². The van der Waals surface area contributed by atoms with Crippen molar-refractivity contribution in [3.05, 3.63) is 59.9 Å². The van der Waals surface area contributed by atoms with Crippen molar-refractivity contribution in [3.8, 4) is 5.75 Å². The standard InChI is InChI=1S/C24H29FN2O2/c1-4-29-20-12-10-17(11-13-20)23(28)26-14-6-9-21-22(26)16-24(2,3)27(21)19-8-5-7-18(25)15-19/h5,7-8,10-13,15,21-22H,4,6,9,14,16H2,1-3H3/t21-,22-/m0/s1. The molecule has 4 nitrogen and oxygen atoms in total. The van der Waals surface area contributed by atoms with Crippen LogP contribution in [0.2, 0.25) is 0 Å². The fourth-order valence-corrected chi connectivity index (χ4v) is 5.09. The number of fused-ring (bicyclic) bond motifs is 1. The van der Waals surface area contributed by atoms with Gasteiger partial charge in [0.25, 0.3) is 5.91 Å². The highest BCUT2D eigenvalue weighted by molar-refractivity contribution is 5.94. The summed E-state index contributed by atoms with van der Waals surface area (Å²) < 4.78 is 19.4. The number of carbonyl (C=O) groups excluding carboxylic acids is 1. The Bertz CT molecular complexity index is 881. The molecule has 0 unspecified atom stereocenters. The molecule has 2 aromatic carbocycles. The number of halogens is 1. The molecule has 0 radical (unpaired) electrons. The Hall–Kier alpha value is -2.56. The Morgan fingerprint density at radius 3 is 2.62 bits per heavy atom. The predicted octanol–water partition coefficient (Wildman–Crippen LogP) is 4.89. The minimum Gasteiger partial charge on any atom is -0.494 e. The second-order valence-corrected chi connectivity index (χ2v) is 8.60. The van der Waals surface area contributed by atoms with Crippen LogP contribution in [0.1, 0.15) is 50.4 Å². The third-order valence-corrected chi connectivity index (χ3v) is 6.20. The van der Waals surface area contributed by atoms with Gasteiger partial charge in [-0.1, -0.05) is 6.07 Å². The molecule has 0 bridgehead atoms. The molecule has 29 heavy (non-hydrogen) atoms. The lowest BCUT2D eigenvalue weighted by Gasteiger charge is -2.42. The first-order valence-corrected chi connectivity index (χ1v) is 10.5. The quantitative estimate of drug-likeness (QED) is 0.738. The fourth-order valence-electron chi connectivity index (χ4n) is 5.09. The van der Waals surface area contributed by atoms with Gasteiger partial charge in [-0.25, -0.2) is 4.39 Å². The Kier molecular flexibility index (Phi) is 5.24. The number of benzene rings is 2. The van der Waals surface area contributed by atoms with Gasteiger partial charge in [-0.2, -0.15) is 0 Å². The van der Waals surface area contributed by atoms with E-state index in [-0.39, 0.29) is 29.3 Å². The highest BCUT2D eigenvalue weighted by Gasteiger charge is 2.50. The molecule has 2 fully saturated rings. The molecule has 2 aromatic rings. The molecular weight excluding hydrogens is 367 g/mol. The molecule has 2 atom stereocenters. The van der Waals surface area contributed by atoms with Crippen molar-refractivity contribution < 1.29 is 13.9 Å². The highest BCUT2D eigenvalue weighted by Crippen LogP contribution is 2.44. The summed E-state index contributed by atoms with van der Waals surface area (Å²) in [6.07, 6.45) is 2.83. The number of nitrogens with zero attached hydrogens (tertiary/aromatic N) is 2. The van der Waals surface area contributed by atoms with Gasteiger partial charge in [0.05, 0.1) is 18.7 Å². The van der Waals surface area contributed by atoms with Gasteiger partial charge in [0.15, 0.2) is 0 Å². The second kappa shape index (κ2) is 7.69. The Balaban J connectivity index is 1.60. The molecule has 0 saturated carbocycles. The van der Waals surface area contributed by atoms with Crippen molar-refractivity contribution >= 4 is 11.6 Å². The molecule has 154 valence electrons.